The predicted octanol–water partition coefficient (Wildman–Crippen LogP) is 3.61. The Morgan fingerprint density at radius 2 is 2.06 bits per heavy atom. The van der Waals surface area contributed by atoms with Gasteiger partial charge in [-0.2, -0.15) is 0 Å². The number of alkyl halides is 3. The lowest BCUT2D eigenvalue weighted by molar-refractivity contribution is -0.274. The smallest absolute Gasteiger partial charge is 0.406 e. The van der Waals surface area contributed by atoms with E-state index in [1.807, 2.05) is 22.6 Å². The number of ether oxygens (including phenoxy) is 1. The Morgan fingerprint density at radius 3 is 2.53 bits per heavy atom. The molecule has 0 bridgehead atoms. The topological polar surface area (TPSA) is 47.3 Å². The minimum absolute atomic E-state index is 0.0426. The summed E-state index contributed by atoms with van der Waals surface area (Å²) in [6.07, 6.45) is -4.74. The van der Waals surface area contributed by atoms with Gasteiger partial charge in [0.05, 0.1) is 9.26 Å². The molecule has 1 rings (SSSR count). The molecule has 0 saturated heterocycles. The van der Waals surface area contributed by atoms with Gasteiger partial charge in [-0.15, -0.1) is 13.2 Å². The number of thiocarbonyl (C=S) groups is 1. The Hall–Kier alpha value is -0.290. The van der Waals surface area contributed by atoms with Crippen LogP contribution in [-0.4, -0.2) is 11.5 Å². The highest BCUT2D eigenvalue weighted by atomic mass is 127. The minimum Gasteiger partial charge on any atom is -0.406 e. The van der Waals surface area contributed by atoms with Crippen LogP contribution < -0.4 is 15.8 Å². The standard InChI is InChI=1S/C8H5BrF3IN2OS/c9-4-1-3(16-8(10,11)12)2-5(6(4)13)15-7(14)17/h1-2H,(H3,14,15,17). The van der Waals surface area contributed by atoms with E-state index in [0.717, 1.165) is 0 Å². The summed E-state index contributed by atoms with van der Waals surface area (Å²) < 4.78 is 41.1. The molecule has 0 fully saturated rings. The molecule has 0 heterocycles. The van der Waals surface area contributed by atoms with Gasteiger partial charge in [0, 0.05) is 10.5 Å². The Bertz CT molecular complexity index is 455. The number of nitrogens with two attached hydrogens (primary N) is 1. The van der Waals surface area contributed by atoms with Gasteiger partial charge >= 0.3 is 6.36 Å². The zero-order valence-electron chi connectivity index (χ0n) is 7.94. The second-order valence-electron chi connectivity index (χ2n) is 2.80. The fourth-order valence-corrected chi connectivity index (χ4v) is 1.98. The molecule has 0 unspecified atom stereocenters. The molecule has 0 atom stereocenters. The van der Waals surface area contributed by atoms with Crippen molar-refractivity contribution < 1.29 is 17.9 Å². The summed E-state index contributed by atoms with van der Waals surface area (Å²) in [5.74, 6) is -0.358. The Labute approximate surface area is 122 Å². The molecular weight excluding hydrogens is 436 g/mol. The van der Waals surface area contributed by atoms with Gasteiger partial charge in [0.2, 0.25) is 0 Å². The monoisotopic (exact) mass is 440 g/mol. The molecule has 1 aromatic rings. The first-order chi connectivity index (χ1) is 7.69. The van der Waals surface area contributed by atoms with Gasteiger partial charge in [-0.1, -0.05) is 0 Å². The van der Waals surface area contributed by atoms with Crippen LogP contribution in [0.3, 0.4) is 0 Å². The maximum atomic E-state index is 12.1. The third-order valence-electron chi connectivity index (χ3n) is 1.49. The van der Waals surface area contributed by atoms with E-state index >= 15 is 0 Å². The van der Waals surface area contributed by atoms with E-state index in [1.165, 1.54) is 12.1 Å². The third-order valence-corrected chi connectivity index (χ3v) is 4.12. The van der Waals surface area contributed by atoms with Gasteiger partial charge in [-0.05, 0) is 56.8 Å². The highest BCUT2D eigenvalue weighted by molar-refractivity contribution is 14.1. The van der Waals surface area contributed by atoms with E-state index < -0.39 is 6.36 Å². The number of benzene rings is 1. The van der Waals surface area contributed by atoms with Crippen LogP contribution in [0, 0.1) is 3.57 Å². The molecule has 0 aromatic heterocycles. The second kappa shape index (κ2) is 5.57. The van der Waals surface area contributed by atoms with Crippen molar-refractivity contribution in [2.75, 3.05) is 5.32 Å². The van der Waals surface area contributed by atoms with Crippen LogP contribution in [0.5, 0.6) is 5.75 Å². The summed E-state index contributed by atoms with van der Waals surface area (Å²) in [6, 6.07) is 2.37. The number of nitrogens with one attached hydrogen (secondary N) is 1. The summed E-state index contributed by atoms with van der Waals surface area (Å²) in [5.41, 5.74) is 5.60. The number of halogens is 5. The van der Waals surface area contributed by atoms with Gasteiger partial charge < -0.3 is 15.8 Å². The number of hydrogen-bond donors (Lipinski definition) is 2. The molecule has 94 valence electrons. The summed E-state index contributed by atoms with van der Waals surface area (Å²) in [6.45, 7) is 0. The van der Waals surface area contributed by atoms with Gasteiger partial charge in [0.15, 0.2) is 5.11 Å². The highest BCUT2D eigenvalue weighted by Gasteiger charge is 2.31. The van der Waals surface area contributed by atoms with Gasteiger partial charge in [0.25, 0.3) is 0 Å². The van der Waals surface area contributed by atoms with Crippen molar-refractivity contribution in [3.63, 3.8) is 0 Å². The molecule has 0 radical (unpaired) electrons. The van der Waals surface area contributed by atoms with Gasteiger partial charge in [-0.25, -0.2) is 0 Å². The summed E-state index contributed by atoms with van der Waals surface area (Å²) in [7, 11) is 0. The summed E-state index contributed by atoms with van der Waals surface area (Å²) >= 11 is 9.66. The molecule has 3 nitrogen and oxygen atoms in total. The Balaban J connectivity index is 3.10. The summed E-state index contributed by atoms with van der Waals surface area (Å²) in [4.78, 5) is 0. The second-order valence-corrected chi connectivity index (χ2v) is 5.18. The Kier molecular flexibility index (Phi) is 4.84. The lowest BCUT2D eigenvalue weighted by atomic mass is 10.3. The molecule has 0 aliphatic rings. The van der Waals surface area contributed by atoms with Crippen molar-refractivity contribution in [3.05, 3.63) is 20.2 Å². The first kappa shape index (κ1) is 14.8. The van der Waals surface area contributed by atoms with Crippen molar-refractivity contribution in [1.29, 1.82) is 0 Å². The van der Waals surface area contributed by atoms with Crippen molar-refractivity contribution in [2.45, 2.75) is 6.36 Å². The fraction of sp³-hybridized carbons (Fsp3) is 0.125. The largest absolute Gasteiger partial charge is 0.573 e. The molecular formula is C8H5BrF3IN2OS. The molecule has 17 heavy (non-hydrogen) atoms. The molecule has 0 amide bonds. The maximum absolute atomic E-state index is 12.1. The van der Waals surface area contributed by atoms with Crippen molar-refractivity contribution in [1.82, 2.24) is 0 Å². The third kappa shape index (κ3) is 4.84. The van der Waals surface area contributed by atoms with Crippen LogP contribution in [0.25, 0.3) is 0 Å². The van der Waals surface area contributed by atoms with E-state index in [4.69, 9.17) is 5.73 Å². The molecule has 0 spiro atoms. The SMILES string of the molecule is NC(=S)Nc1cc(OC(F)(F)F)cc(Br)c1I. The zero-order valence-corrected chi connectivity index (χ0v) is 12.5. The molecule has 1 aromatic carbocycles. The number of rotatable bonds is 2. The lowest BCUT2D eigenvalue weighted by Crippen LogP contribution is -2.20. The van der Waals surface area contributed by atoms with Gasteiger partial charge in [-0.3, -0.25) is 0 Å². The molecule has 0 saturated carbocycles. The van der Waals surface area contributed by atoms with Crippen LogP contribution in [0.1, 0.15) is 0 Å². The van der Waals surface area contributed by atoms with Crippen LogP contribution >= 0.6 is 50.7 Å². The quantitative estimate of drug-likeness (QED) is 0.544. The van der Waals surface area contributed by atoms with Crippen molar-refractivity contribution in [3.8, 4) is 5.75 Å². The average molecular weight is 441 g/mol. The first-order valence-electron chi connectivity index (χ1n) is 4.00. The normalized spacial score (nSPS) is 11.1. The first-order valence-corrected chi connectivity index (χ1v) is 6.28. The summed E-state index contributed by atoms with van der Waals surface area (Å²) in [5, 5.41) is 2.52. The predicted molar refractivity (Wildman–Crippen MR) is 74.0 cm³/mol. The molecule has 0 aliphatic carbocycles. The van der Waals surface area contributed by atoms with E-state index in [-0.39, 0.29) is 10.9 Å². The van der Waals surface area contributed by atoms with Crippen LogP contribution in [-0.2, 0) is 0 Å². The Morgan fingerprint density at radius 1 is 1.47 bits per heavy atom. The average Bonchev–Trinajstić information content (AvgIpc) is 2.09. The van der Waals surface area contributed by atoms with Crippen LogP contribution in [0.4, 0.5) is 18.9 Å². The zero-order chi connectivity index (χ0) is 13.2. The minimum atomic E-state index is -4.74. The van der Waals surface area contributed by atoms with E-state index in [9.17, 15) is 13.2 Å². The fourth-order valence-electron chi connectivity index (χ4n) is 0.980. The van der Waals surface area contributed by atoms with Crippen molar-refractivity contribution in [2.24, 2.45) is 5.73 Å². The van der Waals surface area contributed by atoms with Crippen molar-refractivity contribution >= 4 is 61.5 Å². The van der Waals surface area contributed by atoms with E-state index in [2.05, 4.69) is 38.2 Å². The number of hydrogen-bond acceptors (Lipinski definition) is 2. The molecule has 9 heteroatoms. The van der Waals surface area contributed by atoms with E-state index in [1.54, 1.807) is 0 Å². The lowest BCUT2D eigenvalue weighted by Gasteiger charge is -2.13. The van der Waals surface area contributed by atoms with Crippen LogP contribution in [0.15, 0.2) is 16.6 Å². The molecule has 3 N–H and O–H groups in total. The molecule has 0 aliphatic heterocycles. The number of anilines is 1. The highest BCUT2D eigenvalue weighted by Crippen LogP contribution is 2.34. The van der Waals surface area contributed by atoms with Crippen LogP contribution in [0.2, 0.25) is 0 Å². The maximum Gasteiger partial charge on any atom is 0.573 e. The van der Waals surface area contributed by atoms with E-state index in [0.29, 0.717) is 13.7 Å². The van der Waals surface area contributed by atoms with Gasteiger partial charge in [0.1, 0.15) is 5.75 Å².